The fraction of sp³-hybridized carbons (Fsp3) is 0.455. The SMILES string of the molecule is CCC(NCCN)c1ccccc1. The maximum Gasteiger partial charge on any atom is 0.0318 e. The van der Waals surface area contributed by atoms with Crippen LogP contribution < -0.4 is 11.1 Å². The number of hydrogen-bond acceptors (Lipinski definition) is 2. The molecule has 0 aliphatic heterocycles. The Hall–Kier alpha value is -0.860. The number of rotatable bonds is 5. The second-order valence-electron chi connectivity index (χ2n) is 3.11. The monoisotopic (exact) mass is 178 g/mol. The molecule has 1 rings (SSSR count). The van der Waals surface area contributed by atoms with E-state index in [0.29, 0.717) is 12.6 Å². The van der Waals surface area contributed by atoms with Gasteiger partial charge in [0.05, 0.1) is 0 Å². The predicted octanol–water partition coefficient (Wildman–Crippen LogP) is 1.69. The van der Waals surface area contributed by atoms with E-state index in [4.69, 9.17) is 5.73 Å². The summed E-state index contributed by atoms with van der Waals surface area (Å²) in [6.45, 7) is 3.76. The molecule has 0 radical (unpaired) electrons. The molecule has 0 saturated heterocycles. The summed E-state index contributed by atoms with van der Waals surface area (Å²) in [5, 5.41) is 3.41. The molecule has 2 heteroatoms. The Morgan fingerprint density at radius 3 is 2.54 bits per heavy atom. The van der Waals surface area contributed by atoms with Crippen LogP contribution in [0.1, 0.15) is 24.9 Å². The highest BCUT2D eigenvalue weighted by Crippen LogP contribution is 2.14. The van der Waals surface area contributed by atoms with Crippen LogP contribution in [0, 0.1) is 0 Å². The van der Waals surface area contributed by atoms with Gasteiger partial charge in [-0.1, -0.05) is 37.3 Å². The zero-order chi connectivity index (χ0) is 9.52. The third kappa shape index (κ3) is 3.17. The van der Waals surface area contributed by atoms with Crippen molar-refractivity contribution >= 4 is 0 Å². The van der Waals surface area contributed by atoms with E-state index in [1.165, 1.54) is 5.56 Å². The minimum atomic E-state index is 0.449. The summed E-state index contributed by atoms with van der Waals surface area (Å²) in [6, 6.07) is 10.9. The largest absolute Gasteiger partial charge is 0.329 e. The fourth-order valence-electron chi connectivity index (χ4n) is 1.44. The van der Waals surface area contributed by atoms with Gasteiger partial charge in [-0.05, 0) is 12.0 Å². The first-order valence-corrected chi connectivity index (χ1v) is 4.87. The van der Waals surface area contributed by atoms with Crippen molar-refractivity contribution in [3.8, 4) is 0 Å². The lowest BCUT2D eigenvalue weighted by molar-refractivity contribution is 0.527. The number of hydrogen-bond donors (Lipinski definition) is 2. The van der Waals surface area contributed by atoms with Crippen LogP contribution in [-0.4, -0.2) is 13.1 Å². The van der Waals surface area contributed by atoms with Crippen molar-refractivity contribution in [2.24, 2.45) is 5.73 Å². The van der Waals surface area contributed by atoms with E-state index >= 15 is 0 Å². The van der Waals surface area contributed by atoms with E-state index in [1.54, 1.807) is 0 Å². The highest BCUT2D eigenvalue weighted by Gasteiger charge is 2.05. The summed E-state index contributed by atoms with van der Waals surface area (Å²) in [5.74, 6) is 0. The average molecular weight is 178 g/mol. The molecule has 0 heterocycles. The number of nitrogens with two attached hydrogens (primary N) is 1. The van der Waals surface area contributed by atoms with E-state index in [1.807, 2.05) is 6.07 Å². The molecule has 13 heavy (non-hydrogen) atoms. The van der Waals surface area contributed by atoms with Gasteiger partial charge in [0, 0.05) is 19.1 Å². The Balaban J connectivity index is 2.56. The topological polar surface area (TPSA) is 38.0 Å². The van der Waals surface area contributed by atoms with Crippen molar-refractivity contribution in [2.75, 3.05) is 13.1 Å². The Bertz CT molecular complexity index is 221. The van der Waals surface area contributed by atoms with Crippen molar-refractivity contribution < 1.29 is 0 Å². The van der Waals surface area contributed by atoms with Gasteiger partial charge in [-0.2, -0.15) is 0 Å². The first-order chi connectivity index (χ1) is 6.38. The van der Waals surface area contributed by atoms with Gasteiger partial charge in [0.25, 0.3) is 0 Å². The molecule has 3 N–H and O–H groups in total. The molecule has 0 aliphatic rings. The molecule has 0 bridgehead atoms. The molecule has 0 amide bonds. The van der Waals surface area contributed by atoms with Gasteiger partial charge in [-0.25, -0.2) is 0 Å². The summed E-state index contributed by atoms with van der Waals surface area (Å²) in [6.07, 6.45) is 1.10. The first kappa shape index (κ1) is 10.2. The van der Waals surface area contributed by atoms with Gasteiger partial charge >= 0.3 is 0 Å². The number of benzene rings is 1. The standard InChI is InChI=1S/C11H18N2/c1-2-11(13-9-8-12)10-6-4-3-5-7-10/h3-7,11,13H,2,8-9,12H2,1H3. The molecular weight excluding hydrogens is 160 g/mol. The van der Waals surface area contributed by atoms with E-state index in [9.17, 15) is 0 Å². The Kier molecular flexibility index (Phi) is 4.50. The maximum absolute atomic E-state index is 5.45. The fourth-order valence-corrected chi connectivity index (χ4v) is 1.44. The predicted molar refractivity (Wildman–Crippen MR) is 56.5 cm³/mol. The molecule has 1 unspecified atom stereocenters. The van der Waals surface area contributed by atoms with E-state index in [2.05, 4.69) is 36.5 Å². The summed E-state index contributed by atoms with van der Waals surface area (Å²) >= 11 is 0. The molecule has 0 spiro atoms. The summed E-state index contributed by atoms with van der Waals surface area (Å²) < 4.78 is 0. The van der Waals surface area contributed by atoms with E-state index < -0.39 is 0 Å². The maximum atomic E-state index is 5.45. The van der Waals surface area contributed by atoms with Gasteiger partial charge in [-0.15, -0.1) is 0 Å². The van der Waals surface area contributed by atoms with Crippen LogP contribution in [0.25, 0.3) is 0 Å². The number of nitrogens with one attached hydrogen (secondary N) is 1. The minimum Gasteiger partial charge on any atom is -0.329 e. The second-order valence-corrected chi connectivity index (χ2v) is 3.11. The molecular formula is C11H18N2. The van der Waals surface area contributed by atoms with Crippen molar-refractivity contribution in [1.82, 2.24) is 5.32 Å². The van der Waals surface area contributed by atoms with Crippen LogP contribution in [0.5, 0.6) is 0 Å². The van der Waals surface area contributed by atoms with Crippen molar-refractivity contribution in [2.45, 2.75) is 19.4 Å². The van der Waals surface area contributed by atoms with Gasteiger partial charge in [0.1, 0.15) is 0 Å². The van der Waals surface area contributed by atoms with Gasteiger partial charge < -0.3 is 11.1 Å². The van der Waals surface area contributed by atoms with Gasteiger partial charge in [-0.3, -0.25) is 0 Å². The second kappa shape index (κ2) is 5.73. The van der Waals surface area contributed by atoms with Gasteiger partial charge in [0.15, 0.2) is 0 Å². The molecule has 1 aromatic carbocycles. The molecule has 72 valence electrons. The van der Waals surface area contributed by atoms with E-state index in [0.717, 1.165) is 13.0 Å². The summed E-state index contributed by atoms with van der Waals surface area (Å²) in [5.41, 5.74) is 6.79. The van der Waals surface area contributed by atoms with Crippen LogP contribution in [-0.2, 0) is 0 Å². The van der Waals surface area contributed by atoms with Crippen LogP contribution in [0.15, 0.2) is 30.3 Å². The summed E-state index contributed by atoms with van der Waals surface area (Å²) in [4.78, 5) is 0. The third-order valence-corrected chi connectivity index (χ3v) is 2.15. The van der Waals surface area contributed by atoms with E-state index in [-0.39, 0.29) is 0 Å². The van der Waals surface area contributed by atoms with Crippen molar-refractivity contribution in [3.63, 3.8) is 0 Å². The lowest BCUT2D eigenvalue weighted by Gasteiger charge is -2.16. The minimum absolute atomic E-state index is 0.449. The molecule has 0 fully saturated rings. The average Bonchev–Trinajstić information content (AvgIpc) is 2.21. The lowest BCUT2D eigenvalue weighted by Crippen LogP contribution is -2.26. The molecule has 1 atom stereocenters. The lowest BCUT2D eigenvalue weighted by atomic mass is 10.1. The van der Waals surface area contributed by atoms with Gasteiger partial charge in [0.2, 0.25) is 0 Å². The first-order valence-electron chi connectivity index (χ1n) is 4.87. The molecule has 0 aromatic heterocycles. The normalized spacial score (nSPS) is 12.8. The Morgan fingerprint density at radius 2 is 2.00 bits per heavy atom. The molecule has 0 saturated carbocycles. The highest BCUT2D eigenvalue weighted by molar-refractivity contribution is 5.18. The van der Waals surface area contributed by atoms with Crippen LogP contribution >= 0.6 is 0 Å². The van der Waals surface area contributed by atoms with Crippen LogP contribution in [0.4, 0.5) is 0 Å². The summed E-state index contributed by atoms with van der Waals surface area (Å²) in [7, 11) is 0. The van der Waals surface area contributed by atoms with Crippen LogP contribution in [0.2, 0.25) is 0 Å². The molecule has 0 aliphatic carbocycles. The molecule has 1 aromatic rings. The quantitative estimate of drug-likeness (QED) is 0.720. The highest BCUT2D eigenvalue weighted by atomic mass is 14.9. The Morgan fingerprint density at radius 1 is 1.31 bits per heavy atom. The Labute approximate surface area is 80.1 Å². The third-order valence-electron chi connectivity index (χ3n) is 2.15. The zero-order valence-electron chi connectivity index (χ0n) is 8.16. The van der Waals surface area contributed by atoms with Crippen molar-refractivity contribution in [3.05, 3.63) is 35.9 Å². The van der Waals surface area contributed by atoms with Crippen LogP contribution in [0.3, 0.4) is 0 Å². The van der Waals surface area contributed by atoms with Crippen molar-refractivity contribution in [1.29, 1.82) is 0 Å². The smallest absolute Gasteiger partial charge is 0.0318 e. The molecule has 2 nitrogen and oxygen atoms in total. The zero-order valence-corrected chi connectivity index (χ0v) is 8.16.